The van der Waals surface area contributed by atoms with Crippen LogP contribution in [0.5, 0.6) is 0 Å². The molecule has 4 N–H and O–H groups in total. The zero-order valence-corrected chi connectivity index (χ0v) is 11.9. The van der Waals surface area contributed by atoms with Crippen LogP contribution in [0.2, 0.25) is 0 Å². The number of carbonyl (C=O) groups excluding carboxylic acids is 2. The van der Waals surface area contributed by atoms with Crippen molar-refractivity contribution in [3.8, 4) is 0 Å². The molecule has 1 saturated heterocycles. The highest BCUT2D eigenvalue weighted by Crippen LogP contribution is 2.21. The second-order valence-corrected chi connectivity index (χ2v) is 5.38. The fraction of sp³-hybridized carbons (Fsp3) is 0.467. The van der Waals surface area contributed by atoms with Crippen LogP contribution in [0.25, 0.3) is 0 Å². The molecule has 1 aromatic rings. The van der Waals surface area contributed by atoms with Crippen LogP contribution in [0.3, 0.4) is 0 Å². The maximum atomic E-state index is 12.3. The first-order valence-corrected chi connectivity index (χ1v) is 6.94. The Balaban J connectivity index is 2.15. The summed E-state index contributed by atoms with van der Waals surface area (Å²) in [5, 5.41) is 6.14. The van der Waals surface area contributed by atoms with Crippen LogP contribution in [-0.2, 0) is 4.79 Å². The number of rotatable bonds is 3. The maximum absolute atomic E-state index is 12.3. The average molecular weight is 275 g/mol. The van der Waals surface area contributed by atoms with Crippen molar-refractivity contribution in [2.24, 2.45) is 11.7 Å². The Morgan fingerprint density at radius 1 is 1.40 bits per heavy atom. The lowest BCUT2D eigenvalue weighted by atomic mass is 9.92. The van der Waals surface area contributed by atoms with Crippen LogP contribution < -0.4 is 16.4 Å². The second-order valence-electron chi connectivity index (χ2n) is 5.38. The fourth-order valence-corrected chi connectivity index (χ4v) is 2.65. The van der Waals surface area contributed by atoms with Crippen LogP contribution in [0, 0.1) is 12.8 Å². The molecule has 1 aliphatic rings. The quantitative estimate of drug-likeness (QED) is 0.780. The molecule has 0 spiro atoms. The molecule has 5 nitrogen and oxygen atoms in total. The van der Waals surface area contributed by atoms with Gasteiger partial charge < -0.3 is 16.4 Å². The summed E-state index contributed by atoms with van der Waals surface area (Å²) >= 11 is 0. The Bertz CT molecular complexity index is 528. The van der Waals surface area contributed by atoms with Crippen molar-refractivity contribution < 1.29 is 9.59 Å². The van der Waals surface area contributed by atoms with E-state index in [1.807, 2.05) is 0 Å². The molecule has 0 saturated carbocycles. The molecule has 0 aliphatic carbocycles. The van der Waals surface area contributed by atoms with Crippen LogP contribution in [0.4, 0.5) is 5.69 Å². The number of nitrogens with one attached hydrogen (secondary N) is 2. The van der Waals surface area contributed by atoms with Gasteiger partial charge in [0.25, 0.3) is 0 Å². The Morgan fingerprint density at radius 2 is 2.15 bits per heavy atom. The van der Waals surface area contributed by atoms with E-state index < -0.39 is 5.91 Å². The van der Waals surface area contributed by atoms with Crippen molar-refractivity contribution in [2.75, 3.05) is 11.9 Å². The van der Waals surface area contributed by atoms with E-state index in [-0.39, 0.29) is 11.9 Å². The summed E-state index contributed by atoms with van der Waals surface area (Å²) in [5.41, 5.74) is 7.10. The van der Waals surface area contributed by atoms with Gasteiger partial charge in [-0.2, -0.15) is 0 Å². The van der Waals surface area contributed by atoms with E-state index in [2.05, 4.69) is 17.6 Å². The normalized spacial score (nSPS) is 22.3. The zero-order chi connectivity index (χ0) is 14.7. The number of primary amides is 1. The van der Waals surface area contributed by atoms with Gasteiger partial charge in [0.15, 0.2) is 0 Å². The number of nitrogens with two attached hydrogens (primary N) is 1. The summed E-state index contributed by atoms with van der Waals surface area (Å²) < 4.78 is 0. The number of hydrogen-bond acceptors (Lipinski definition) is 3. The molecule has 0 bridgehead atoms. The SMILES string of the molecule is Cc1c(NC(=O)C2NCCCC2C)cccc1C(N)=O. The Morgan fingerprint density at radius 3 is 2.80 bits per heavy atom. The molecule has 2 amide bonds. The molecule has 0 aromatic heterocycles. The Labute approximate surface area is 118 Å². The molecular formula is C15H21N3O2. The predicted octanol–water partition coefficient (Wildman–Crippen LogP) is 1.42. The standard InChI is InChI=1S/C15H21N3O2/c1-9-5-4-8-17-13(9)15(20)18-12-7-3-6-11(10(12)2)14(16)19/h3,6-7,9,13,17H,4-5,8H2,1-2H3,(H2,16,19)(H,18,20). The molecule has 2 unspecified atom stereocenters. The van der Waals surface area contributed by atoms with E-state index in [1.54, 1.807) is 25.1 Å². The fourth-order valence-electron chi connectivity index (χ4n) is 2.65. The van der Waals surface area contributed by atoms with Crippen molar-refractivity contribution in [1.29, 1.82) is 0 Å². The van der Waals surface area contributed by atoms with Gasteiger partial charge >= 0.3 is 0 Å². The van der Waals surface area contributed by atoms with Gasteiger partial charge in [0.05, 0.1) is 6.04 Å². The van der Waals surface area contributed by atoms with Gasteiger partial charge in [-0.1, -0.05) is 13.0 Å². The van der Waals surface area contributed by atoms with E-state index >= 15 is 0 Å². The average Bonchev–Trinajstić information content (AvgIpc) is 2.41. The number of amides is 2. The molecule has 20 heavy (non-hydrogen) atoms. The molecule has 0 radical (unpaired) electrons. The monoisotopic (exact) mass is 275 g/mol. The number of benzene rings is 1. The van der Waals surface area contributed by atoms with Gasteiger partial charge in [-0.3, -0.25) is 9.59 Å². The van der Waals surface area contributed by atoms with Crippen LogP contribution >= 0.6 is 0 Å². The van der Waals surface area contributed by atoms with E-state index in [9.17, 15) is 9.59 Å². The second kappa shape index (κ2) is 6.05. The summed E-state index contributed by atoms with van der Waals surface area (Å²) in [5.74, 6) is -0.229. The van der Waals surface area contributed by atoms with E-state index in [1.165, 1.54) is 0 Å². The minimum atomic E-state index is -0.484. The number of carbonyl (C=O) groups is 2. The minimum absolute atomic E-state index is 0.0538. The highest BCUT2D eigenvalue weighted by molar-refractivity contribution is 6.00. The smallest absolute Gasteiger partial charge is 0.249 e. The van der Waals surface area contributed by atoms with E-state index in [4.69, 9.17) is 5.73 Å². The third kappa shape index (κ3) is 2.99. The maximum Gasteiger partial charge on any atom is 0.249 e. The lowest BCUT2D eigenvalue weighted by Crippen LogP contribution is -2.48. The molecule has 1 aliphatic heterocycles. The first kappa shape index (κ1) is 14.5. The van der Waals surface area contributed by atoms with Gasteiger partial charge in [-0.05, 0) is 49.9 Å². The van der Waals surface area contributed by atoms with Crippen molar-refractivity contribution in [2.45, 2.75) is 32.7 Å². The summed E-state index contributed by atoms with van der Waals surface area (Å²) in [6.07, 6.45) is 2.15. The van der Waals surface area contributed by atoms with E-state index in [0.29, 0.717) is 22.7 Å². The zero-order valence-electron chi connectivity index (χ0n) is 11.9. The van der Waals surface area contributed by atoms with Crippen LogP contribution in [-0.4, -0.2) is 24.4 Å². The Kier molecular flexibility index (Phi) is 4.39. The van der Waals surface area contributed by atoms with Crippen molar-refractivity contribution in [3.63, 3.8) is 0 Å². The van der Waals surface area contributed by atoms with Crippen LogP contribution in [0.1, 0.15) is 35.7 Å². The molecule has 1 aromatic carbocycles. The highest BCUT2D eigenvalue weighted by Gasteiger charge is 2.27. The molecule has 2 atom stereocenters. The van der Waals surface area contributed by atoms with Crippen LogP contribution in [0.15, 0.2) is 18.2 Å². The molecule has 108 valence electrons. The first-order valence-electron chi connectivity index (χ1n) is 6.94. The van der Waals surface area contributed by atoms with Gasteiger partial charge in [0, 0.05) is 11.3 Å². The first-order chi connectivity index (χ1) is 9.50. The highest BCUT2D eigenvalue weighted by atomic mass is 16.2. The lowest BCUT2D eigenvalue weighted by molar-refractivity contribution is -0.119. The summed E-state index contributed by atoms with van der Waals surface area (Å²) in [6.45, 7) is 4.72. The largest absolute Gasteiger partial charge is 0.366 e. The van der Waals surface area contributed by atoms with Gasteiger partial charge in [0.2, 0.25) is 11.8 Å². The number of piperidine rings is 1. The number of hydrogen-bond donors (Lipinski definition) is 3. The Hall–Kier alpha value is -1.88. The molecular weight excluding hydrogens is 254 g/mol. The summed E-state index contributed by atoms with van der Waals surface area (Å²) in [7, 11) is 0. The lowest BCUT2D eigenvalue weighted by Gasteiger charge is -2.29. The molecule has 5 heteroatoms. The van der Waals surface area contributed by atoms with Crippen molar-refractivity contribution in [1.82, 2.24) is 5.32 Å². The predicted molar refractivity (Wildman–Crippen MR) is 78.5 cm³/mol. The van der Waals surface area contributed by atoms with Gasteiger partial charge in [-0.15, -0.1) is 0 Å². The number of anilines is 1. The molecule has 2 rings (SSSR count). The van der Waals surface area contributed by atoms with Crippen molar-refractivity contribution in [3.05, 3.63) is 29.3 Å². The third-order valence-electron chi connectivity index (χ3n) is 3.91. The third-order valence-corrected chi connectivity index (χ3v) is 3.91. The van der Waals surface area contributed by atoms with Gasteiger partial charge in [0.1, 0.15) is 0 Å². The topological polar surface area (TPSA) is 84.2 Å². The van der Waals surface area contributed by atoms with Gasteiger partial charge in [-0.25, -0.2) is 0 Å². The van der Waals surface area contributed by atoms with E-state index in [0.717, 1.165) is 19.4 Å². The summed E-state index contributed by atoms with van der Waals surface area (Å²) in [4.78, 5) is 23.6. The molecule has 1 heterocycles. The summed E-state index contributed by atoms with van der Waals surface area (Å²) in [6, 6.07) is 4.99. The van der Waals surface area contributed by atoms with Crippen molar-refractivity contribution >= 4 is 17.5 Å². The molecule has 1 fully saturated rings. The minimum Gasteiger partial charge on any atom is -0.366 e.